The second-order valence-electron chi connectivity index (χ2n) is 0.794. The Morgan fingerprint density at radius 2 is 1.88 bits per heavy atom. The minimum Gasteiger partial charge on any atom is -0.281 e. The van der Waals surface area contributed by atoms with Crippen LogP contribution in [0.25, 0.3) is 0 Å². The van der Waals surface area contributed by atoms with Crippen molar-refractivity contribution in [1.29, 1.82) is 0 Å². The van der Waals surface area contributed by atoms with Gasteiger partial charge < -0.3 is 0 Å². The molecule has 0 saturated carbocycles. The lowest BCUT2D eigenvalue weighted by atomic mass is 10.6. The molecule has 0 bridgehead atoms. The summed E-state index contributed by atoms with van der Waals surface area (Å²) in [5, 5.41) is -0.370. The van der Waals surface area contributed by atoms with Crippen LogP contribution in [-0.4, -0.2) is 11.1 Å². The molecule has 0 heterocycles. The van der Waals surface area contributed by atoms with Gasteiger partial charge in [0.1, 0.15) is 0 Å². The van der Waals surface area contributed by atoms with Crippen molar-refractivity contribution in [1.82, 2.24) is 0 Å². The number of rotatable bonds is 2. The maximum atomic E-state index is 9.72. The molecule has 0 atom stereocenters. The third-order valence-corrected chi connectivity index (χ3v) is 0.669. The van der Waals surface area contributed by atoms with Gasteiger partial charge in [-0.15, -0.1) is 11.6 Å². The molecule has 50 valence electrons. The Labute approximate surface area is 60.0 Å². The highest BCUT2D eigenvalue weighted by atomic mass is 35.5. The summed E-state index contributed by atoms with van der Waals surface area (Å²) in [6, 6.07) is 0. The van der Waals surface area contributed by atoms with Crippen molar-refractivity contribution in [3.63, 3.8) is 0 Å². The zero-order chi connectivity index (χ0) is 6.99. The molecule has 0 rings (SSSR count). The Kier molecular flexibility index (Phi) is 14.3. The predicted molar refractivity (Wildman–Crippen MR) is 37.5 cm³/mol. The van der Waals surface area contributed by atoms with Crippen molar-refractivity contribution in [3.8, 4) is 0 Å². The van der Waals surface area contributed by atoms with Crippen LogP contribution in [0, 0.1) is 0 Å². The maximum Gasteiger partial charge on any atom is 0.222 e. The van der Waals surface area contributed by atoms with Gasteiger partial charge in [-0.1, -0.05) is 13.8 Å². The number of halogens is 2. The summed E-state index contributed by atoms with van der Waals surface area (Å²) in [4.78, 5) is 9.72. The van der Waals surface area contributed by atoms with Gasteiger partial charge in [0.15, 0.2) is 0 Å². The molecule has 0 aromatic rings. The Morgan fingerprint density at radius 1 is 1.50 bits per heavy atom. The van der Waals surface area contributed by atoms with E-state index in [4.69, 9.17) is 23.2 Å². The van der Waals surface area contributed by atoms with Crippen molar-refractivity contribution < 1.29 is 4.79 Å². The Hall–Kier alpha value is 0.250. The summed E-state index contributed by atoms with van der Waals surface area (Å²) >= 11 is 9.95. The SMILES string of the molecule is CC.O=C(Cl)CCCl. The molecule has 0 fully saturated rings. The summed E-state index contributed by atoms with van der Waals surface area (Å²) in [5.41, 5.74) is 0. The Morgan fingerprint density at radius 3 is 1.88 bits per heavy atom. The van der Waals surface area contributed by atoms with Crippen LogP contribution >= 0.6 is 23.2 Å². The highest BCUT2D eigenvalue weighted by Gasteiger charge is 1.88. The molecule has 0 spiro atoms. The number of alkyl halides is 1. The standard InChI is InChI=1S/C3H4Cl2O.C2H6/c4-2-1-3(5)6;1-2/h1-2H2;1-2H3. The minimum absolute atomic E-state index is 0.267. The van der Waals surface area contributed by atoms with Gasteiger partial charge in [0, 0.05) is 12.3 Å². The van der Waals surface area contributed by atoms with Gasteiger partial charge in [-0.3, -0.25) is 4.79 Å². The molecule has 0 aromatic heterocycles. The topological polar surface area (TPSA) is 17.1 Å². The largest absolute Gasteiger partial charge is 0.281 e. The summed E-state index contributed by atoms with van der Waals surface area (Å²) < 4.78 is 0. The second kappa shape index (κ2) is 10.3. The summed E-state index contributed by atoms with van der Waals surface area (Å²) in [6.07, 6.45) is 0.267. The molecule has 3 heteroatoms. The first kappa shape index (κ1) is 11.1. The number of carbonyl (C=O) groups is 1. The predicted octanol–water partition coefficient (Wildman–Crippen LogP) is 2.41. The number of hydrogen-bond donors (Lipinski definition) is 0. The molecule has 0 aliphatic carbocycles. The van der Waals surface area contributed by atoms with Crippen LogP contribution in [0.2, 0.25) is 0 Å². The molecule has 8 heavy (non-hydrogen) atoms. The van der Waals surface area contributed by atoms with Crippen molar-refractivity contribution in [3.05, 3.63) is 0 Å². The minimum atomic E-state index is -0.370. The van der Waals surface area contributed by atoms with Crippen molar-refractivity contribution in [2.24, 2.45) is 0 Å². The molecule has 0 unspecified atom stereocenters. The van der Waals surface area contributed by atoms with E-state index in [0.29, 0.717) is 5.88 Å². The monoisotopic (exact) mass is 156 g/mol. The van der Waals surface area contributed by atoms with E-state index in [0.717, 1.165) is 0 Å². The first-order valence-corrected chi connectivity index (χ1v) is 3.43. The fourth-order valence-electron chi connectivity index (χ4n) is 0.0743. The van der Waals surface area contributed by atoms with E-state index in [2.05, 4.69) is 0 Å². The van der Waals surface area contributed by atoms with E-state index in [-0.39, 0.29) is 11.7 Å². The molecule has 0 N–H and O–H groups in total. The summed E-state index contributed by atoms with van der Waals surface area (Å²) in [6.45, 7) is 4.00. The molecule has 0 aromatic carbocycles. The lowest BCUT2D eigenvalue weighted by molar-refractivity contribution is -0.111. The quantitative estimate of drug-likeness (QED) is 0.444. The van der Waals surface area contributed by atoms with Crippen molar-refractivity contribution in [2.45, 2.75) is 20.3 Å². The maximum absolute atomic E-state index is 9.72. The third kappa shape index (κ3) is 16.3. The normalized spacial score (nSPS) is 7.00. The van der Waals surface area contributed by atoms with Crippen LogP contribution in [0.3, 0.4) is 0 Å². The zero-order valence-electron chi connectivity index (χ0n) is 5.08. The first-order chi connectivity index (χ1) is 3.77. The van der Waals surface area contributed by atoms with Crippen molar-refractivity contribution in [2.75, 3.05) is 5.88 Å². The van der Waals surface area contributed by atoms with Crippen LogP contribution in [0.4, 0.5) is 0 Å². The lowest BCUT2D eigenvalue weighted by Crippen LogP contribution is -1.83. The molecule has 0 aliphatic rings. The van der Waals surface area contributed by atoms with E-state index in [1.807, 2.05) is 13.8 Å². The van der Waals surface area contributed by atoms with Gasteiger partial charge in [0.05, 0.1) is 0 Å². The molecular weight excluding hydrogens is 147 g/mol. The van der Waals surface area contributed by atoms with Gasteiger partial charge in [-0.05, 0) is 11.6 Å². The second-order valence-corrected chi connectivity index (χ2v) is 1.59. The van der Waals surface area contributed by atoms with E-state index >= 15 is 0 Å². The average Bonchev–Trinajstić information content (AvgIpc) is 1.72. The Bertz CT molecular complexity index is 54.4. The van der Waals surface area contributed by atoms with E-state index < -0.39 is 0 Å². The zero-order valence-corrected chi connectivity index (χ0v) is 6.59. The van der Waals surface area contributed by atoms with Crippen LogP contribution in [0.1, 0.15) is 20.3 Å². The third-order valence-electron chi connectivity index (χ3n) is 0.291. The lowest BCUT2D eigenvalue weighted by Gasteiger charge is -1.76. The van der Waals surface area contributed by atoms with Gasteiger partial charge in [0.25, 0.3) is 0 Å². The highest BCUT2D eigenvalue weighted by Crippen LogP contribution is 1.88. The molecule has 0 amide bonds. The summed E-state index contributed by atoms with van der Waals surface area (Å²) in [5.74, 6) is 0.322. The van der Waals surface area contributed by atoms with Gasteiger partial charge in [0.2, 0.25) is 5.24 Å². The summed E-state index contributed by atoms with van der Waals surface area (Å²) in [7, 11) is 0. The van der Waals surface area contributed by atoms with Crippen molar-refractivity contribution >= 4 is 28.4 Å². The van der Waals surface area contributed by atoms with Crippen LogP contribution in [-0.2, 0) is 4.79 Å². The Balaban J connectivity index is 0. The van der Waals surface area contributed by atoms with Crippen LogP contribution in [0.5, 0.6) is 0 Å². The molecule has 0 radical (unpaired) electrons. The first-order valence-electron chi connectivity index (χ1n) is 2.51. The van der Waals surface area contributed by atoms with Gasteiger partial charge in [-0.2, -0.15) is 0 Å². The molecule has 1 nitrogen and oxygen atoms in total. The van der Waals surface area contributed by atoms with Gasteiger partial charge >= 0.3 is 0 Å². The molecule has 0 aliphatic heterocycles. The number of carbonyl (C=O) groups excluding carboxylic acids is 1. The molecular formula is C5H10Cl2O. The molecule has 0 saturated heterocycles. The van der Waals surface area contributed by atoms with Crippen LogP contribution < -0.4 is 0 Å². The van der Waals surface area contributed by atoms with E-state index in [9.17, 15) is 4.79 Å². The number of hydrogen-bond acceptors (Lipinski definition) is 1. The van der Waals surface area contributed by atoms with Crippen LogP contribution in [0.15, 0.2) is 0 Å². The fourth-order valence-corrected chi connectivity index (χ4v) is 0.437. The highest BCUT2D eigenvalue weighted by molar-refractivity contribution is 6.63. The average molecular weight is 157 g/mol. The smallest absolute Gasteiger partial charge is 0.222 e. The van der Waals surface area contributed by atoms with Gasteiger partial charge in [-0.25, -0.2) is 0 Å². The van der Waals surface area contributed by atoms with E-state index in [1.54, 1.807) is 0 Å². The van der Waals surface area contributed by atoms with E-state index in [1.165, 1.54) is 0 Å². The fraction of sp³-hybridized carbons (Fsp3) is 0.800.